The summed E-state index contributed by atoms with van der Waals surface area (Å²) in [6.07, 6.45) is 8.23. The van der Waals surface area contributed by atoms with Crippen molar-refractivity contribution >= 4 is 11.0 Å². The number of ether oxygens (including phenoxy) is 1. The molecule has 0 bridgehead atoms. The van der Waals surface area contributed by atoms with Gasteiger partial charge in [0.25, 0.3) is 0 Å². The van der Waals surface area contributed by atoms with E-state index in [-0.39, 0.29) is 11.5 Å². The highest BCUT2D eigenvalue weighted by atomic mass is 16.5. The fourth-order valence-corrected chi connectivity index (χ4v) is 5.49. The molecule has 0 radical (unpaired) electrons. The Balaban J connectivity index is 1.47. The third-order valence-electron chi connectivity index (χ3n) is 7.21. The summed E-state index contributed by atoms with van der Waals surface area (Å²) in [5.74, 6) is 2.39. The maximum absolute atomic E-state index is 12.8. The average molecular weight is 432 g/mol. The van der Waals surface area contributed by atoms with Gasteiger partial charge in [0.1, 0.15) is 23.2 Å². The molecule has 0 spiro atoms. The van der Waals surface area contributed by atoms with Gasteiger partial charge in [0, 0.05) is 30.5 Å². The highest BCUT2D eigenvalue weighted by molar-refractivity contribution is 5.78. The van der Waals surface area contributed by atoms with E-state index in [0.717, 1.165) is 43.9 Å². The third kappa shape index (κ3) is 4.61. The predicted octanol–water partition coefficient (Wildman–Crippen LogP) is 6.30. The SMILES string of the molecule is CN1CCCC(C(Oc2ccc3c(=O)cc(C4CCCCC4)oc3c2)c2ccccc2)C1. The Morgan fingerprint density at radius 3 is 2.56 bits per heavy atom. The van der Waals surface area contributed by atoms with Crippen molar-refractivity contribution in [3.05, 3.63) is 76.1 Å². The smallest absolute Gasteiger partial charge is 0.192 e. The summed E-state index contributed by atoms with van der Waals surface area (Å²) in [4.78, 5) is 15.2. The summed E-state index contributed by atoms with van der Waals surface area (Å²) < 4.78 is 12.9. The molecule has 1 saturated heterocycles. The molecule has 2 aromatic carbocycles. The lowest BCUT2D eigenvalue weighted by atomic mass is 9.87. The summed E-state index contributed by atoms with van der Waals surface area (Å²) >= 11 is 0. The van der Waals surface area contributed by atoms with Crippen molar-refractivity contribution in [2.45, 2.75) is 57.0 Å². The lowest BCUT2D eigenvalue weighted by Crippen LogP contribution is -2.36. The van der Waals surface area contributed by atoms with Crippen LogP contribution >= 0.6 is 0 Å². The Bertz CT molecular complexity index is 1100. The van der Waals surface area contributed by atoms with Crippen LogP contribution in [-0.4, -0.2) is 25.0 Å². The monoisotopic (exact) mass is 431 g/mol. The number of benzene rings is 2. The van der Waals surface area contributed by atoms with Crippen LogP contribution in [0, 0.1) is 5.92 Å². The Labute approximate surface area is 190 Å². The molecule has 1 saturated carbocycles. The van der Waals surface area contributed by atoms with Crippen molar-refractivity contribution in [3.8, 4) is 5.75 Å². The quantitative estimate of drug-likeness (QED) is 0.475. The van der Waals surface area contributed by atoms with Gasteiger partial charge in [-0.05, 0) is 57.0 Å². The van der Waals surface area contributed by atoms with Gasteiger partial charge in [-0.1, -0.05) is 49.6 Å². The van der Waals surface area contributed by atoms with Crippen LogP contribution in [0.15, 0.2) is 63.8 Å². The first-order valence-corrected chi connectivity index (χ1v) is 12.2. The van der Waals surface area contributed by atoms with Gasteiger partial charge in [-0.15, -0.1) is 0 Å². The Hall–Kier alpha value is -2.59. The highest BCUT2D eigenvalue weighted by Crippen LogP contribution is 2.36. The van der Waals surface area contributed by atoms with Gasteiger partial charge in [0.2, 0.25) is 0 Å². The second-order valence-electron chi connectivity index (χ2n) is 9.62. The van der Waals surface area contributed by atoms with Gasteiger partial charge in [-0.3, -0.25) is 4.79 Å². The van der Waals surface area contributed by atoms with Crippen LogP contribution in [0.5, 0.6) is 5.75 Å². The van der Waals surface area contributed by atoms with E-state index in [2.05, 4.69) is 36.2 Å². The van der Waals surface area contributed by atoms with E-state index in [1.807, 2.05) is 24.3 Å². The molecule has 32 heavy (non-hydrogen) atoms. The molecule has 2 heterocycles. The fourth-order valence-electron chi connectivity index (χ4n) is 5.49. The molecule has 2 atom stereocenters. The van der Waals surface area contributed by atoms with E-state index in [4.69, 9.17) is 9.15 Å². The molecule has 4 nitrogen and oxygen atoms in total. The van der Waals surface area contributed by atoms with Crippen LogP contribution in [-0.2, 0) is 0 Å². The number of hydrogen-bond donors (Lipinski definition) is 0. The molecule has 0 N–H and O–H groups in total. The van der Waals surface area contributed by atoms with Crippen LogP contribution in [0.3, 0.4) is 0 Å². The Morgan fingerprint density at radius 1 is 0.969 bits per heavy atom. The normalized spacial score (nSPS) is 21.5. The molecule has 1 aliphatic heterocycles. The fraction of sp³-hybridized carbons (Fsp3) is 0.464. The molecular weight excluding hydrogens is 398 g/mol. The van der Waals surface area contributed by atoms with Crippen molar-refractivity contribution in [1.29, 1.82) is 0 Å². The van der Waals surface area contributed by atoms with Gasteiger partial charge in [-0.25, -0.2) is 0 Å². The van der Waals surface area contributed by atoms with E-state index >= 15 is 0 Å². The topological polar surface area (TPSA) is 42.7 Å². The average Bonchev–Trinajstić information content (AvgIpc) is 2.83. The maximum Gasteiger partial charge on any atom is 0.192 e. The molecule has 1 aliphatic carbocycles. The van der Waals surface area contributed by atoms with Crippen LogP contribution in [0.2, 0.25) is 0 Å². The van der Waals surface area contributed by atoms with Crippen molar-refractivity contribution in [3.63, 3.8) is 0 Å². The summed E-state index contributed by atoms with van der Waals surface area (Å²) in [5, 5.41) is 0.630. The van der Waals surface area contributed by atoms with Crippen molar-refractivity contribution < 1.29 is 9.15 Å². The number of hydrogen-bond acceptors (Lipinski definition) is 4. The van der Waals surface area contributed by atoms with E-state index < -0.39 is 0 Å². The minimum Gasteiger partial charge on any atom is -0.485 e. The third-order valence-corrected chi connectivity index (χ3v) is 7.21. The van der Waals surface area contributed by atoms with E-state index in [1.165, 1.54) is 31.2 Å². The lowest BCUT2D eigenvalue weighted by molar-refractivity contribution is 0.0777. The van der Waals surface area contributed by atoms with Crippen molar-refractivity contribution in [2.75, 3.05) is 20.1 Å². The van der Waals surface area contributed by atoms with Crippen LogP contribution < -0.4 is 10.2 Å². The Morgan fingerprint density at radius 2 is 1.78 bits per heavy atom. The first-order chi connectivity index (χ1) is 15.7. The maximum atomic E-state index is 12.8. The zero-order chi connectivity index (χ0) is 21.9. The number of rotatable bonds is 5. The standard InChI is InChI=1S/C28H33NO3/c1-29-16-8-13-22(19-29)28(21-11-6-3-7-12-21)31-23-14-15-24-25(30)18-26(32-27(24)17-23)20-9-4-2-5-10-20/h3,6-7,11-12,14-15,17-18,20,22,28H,2,4-5,8-10,13,16,19H2,1H3. The second kappa shape index (κ2) is 9.50. The van der Waals surface area contributed by atoms with Crippen LogP contribution in [0.1, 0.15) is 68.3 Å². The minimum absolute atomic E-state index is 0.0235. The lowest BCUT2D eigenvalue weighted by Gasteiger charge is -2.35. The zero-order valence-corrected chi connectivity index (χ0v) is 19.0. The molecule has 168 valence electrons. The van der Waals surface area contributed by atoms with Gasteiger partial charge >= 0.3 is 0 Å². The van der Waals surface area contributed by atoms with Gasteiger partial charge in [0.15, 0.2) is 5.43 Å². The van der Waals surface area contributed by atoms with Gasteiger partial charge < -0.3 is 14.1 Å². The second-order valence-corrected chi connectivity index (χ2v) is 9.62. The van der Waals surface area contributed by atoms with E-state index in [9.17, 15) is 4.79 Å². The number of nitrogens with zero attached hydrogens (tertiary/aromatic N) is 1. The predicted molar refractivity (Wildman–Crippen MR) is 128 cm³/mol. The van der Waals surface area contributed by atoms with E-state index in [1.54, 1.807) is 6.07 Å². The molecule has 0 amide bonds. The van der Waals surface area contributed by atoms with E-state index in [0.29, 0.717) is 22.8 Å². The van der Waals surface area contributed by atoms with Crippen LogP contribution in [0.4, 0.5) is 0 Å². The summed E-state index contributed by atoms with van der Waals surface area (Å²) in [6, 6.07) is 17.9. The zero-order valence-electron chi connectivity index (χ0n) is 19.0. The number of likely N-dealkylation sites (tertiary alicyclic amines) is 1. The molecule has 5 rings (SSSR count). The highest BCUT2D eigenvalue weighted by Gasteiger charge is 2.29. The first-order valence-electron chi connectivity index (χ1n) is 12.2. The number of fused-ring (bicyclic) bond motifs is 1. The molecule has 3 aromatic rings. The molecule has 2 fully saturated rings. The number of piperidine rings is 1. The van der Waals surface area contributed by atoms with Crippen molar-refractivity contribution in [1.82, 2.24) is 4.90 Å². The van der Waals surface area contributed by atoms with Crippen molar-refractivity contribution in [2.24, 2.45) is 5.92 Å². The minimum atomic E-state index is -0.0235. The van der Waals surface area contributed by atoms with Crippen LogP contribution in [0.25, 0.3) is 11.0 Å². The summed E-state index contributed by atoms with van der Waals surface area (Å²) in [5.41, 5.74) is 1.89. The first kappa shape index (κ1) is 21.3. The molecular formula is C28H33NO3. The molecule has 1 aromatic heterocycles. The molecule has 2 aliphatic rings. The van der Waals surface area contributed by atoms with Gasteiger partial charge in [-0.2, -0.15) is 0 Å². The van der Waals surface area contributed by atoms with Gasteiger partial charge in [0.05, 0.1) is 5.39 Å². The molecule has 4 heteroatoms. The molecule has 2 unspecified atom stereocenters. The Kier molecular flexibility index (Phi) is 6.31. The largest absolute Gasteiger partial charge is 0.485 e. The summed E-state index contributed by atoms with van der Waals surface area (Å²) in [6.45, 7) is 2.16. The summed E-state index contributed by atoms with van der Waals surface area (Å²) in [7, 11) is 2.19.